The van der Waals surface area contributed by atoms with E-state index >= 15 is 8.78 Å². The van der Waals surface area contributed by atoms with Gasteiger partial charge in [0, 0.05) is 74.3 Å². The van der Waals surface area contributed by atoms with Gasteiger partial charge in [-0.1, -0.05) is 12.1 Å². The van der Waals surface area contributed by atoms with Crippen LogP contribution in [0.15, 0.2) is 47.6 Å². The van der Waals surface area contributed by atoms with Crippen molar-refractivity contribution in [3.8, 4) is 17.2 Å². The standard InChI is InChI=1S/C43H42F2N4O15/c1-18-37(53)23(48-11-12-62-30(16-48)61-3)13-29(63-18)64-25-15-43(59,26(17-50)46-47-42(58)20-7-8-22(36(45)35(20)44)49-27(51)9-10-28(49)52)14-21-32(25)41(57)34-33(39(21)55)38(54)19-5-4-6-24(60-2)31(19)40(34)56/h4-10,18,23,25,29-30,37,50,53,55,57,59H,11-17H2,1-3H3,(H,47,58)/b46-26+/t18-,23?,25-,29-,30+,37+,43-/m0/s1. The highest BCUT2D eigenvalue weighted by Gasteiger charge is 2.50. The van der Waals surface area contributed by atoms with Gasteiger partial charge in [0.2, 0.25) is 5.78 Å². The molecule has 19 nitrogen and oxygen atoms in total. The van der Waals surface area contributed by atoms with E-state index in [-0.39, 0.29) is 47.6 Å². The molecule has 8 rings (SSSR count). The van der Waals surface area contributed by atoms with Gasteiger partial charge in [0.25, 0.3) is 17.7 Å². The minimum Gasteiger partial charge on any atom is -0.507 e. The van der Waals surface area contributed by atoms with Crippen LogP contribution in [0.5, 0.6) is 17.2 Å². The first kappa shape index (κ1) is 44.6. The molecule has 3 heterocycles. The average Bonchev–Trinajstić information content (AvgIpc) is 3.61. The van der Waals surface area contributed by atoms with Crippen molar-refractivity contribution < 1.29 is 82.0 Å². The number of anilines is 1. The smallest absolute Gasteiger partial charge is 0.274 e. The quantitative estimate of drug-likeness (QED) is 0.0567. The van der Waals surface area contributed by atoms with Crippen LogP contribution < -0.4 is 15.1 Å². The molecule has 2 aliphatic carbocycles. The monoisotopic (exact) mass is 892 g/mol. The van der Waals surface area contributed by atoms with Crippen LogP contribution in [-0.2, 0) is 35.0 Å². The number of imide groups is 1. The molecule has 1 unspecified atom stereocenters. The van der Waals surface area contributed by atoms with E-state index in [1.807, 2.05) is 10.3 Å². The predicted molar refractivity (Wildman–Crippen MR) is 214 cm³/mol. The number of nitrogens with zero attached hydrogens (tertiary/aromatic N) is 3. The van der Waals surface area contributed by atoms with E-state index in [2.05, 4.69) is 5.10 Å². The number of carbonyl (C=O) groups excluding carboxylic acids is 5. The number of hydrazone groups is 1. The van der Waals surface area contributed by atoms with Gasteiger partial charge in [0.15, 0.2) is 30.0 Å². The fraction of sp³-hybridized carbons (Fsp3) is 0.395. The zero-order chi connectivity index (χ0) is 45.9. The molecule has 3 aromatic rings. The van der Waals surface area contributed by atoms with E-state index in [9.17, 15) is 49.5 Å². The van der Waals surface area contributed by atoms with Crippen LogP contribution in [0.4, 0.5) is 14.5 Å². The molecule has 2 fully saturated rings. The van der Waals surface area contributed by atoms with Gasteiger partial charge in [-0.3, -0.25) is 28.9 Å². The maximum Gasteiger partial charge on any atom is 0.274 e. The molecule has 64 heavy (non-hydrogen) atoms. The number of ether oxygens (including phenoxy) is 5. The first-order valence-electron chi connectivity index (χ1n) is 20.0. The second kappa shape index (κ2) is 17.2. The Balaban J connectivity index is 1.17. The third-order valence-corrected chi connectivity index (χ3v) is 12.2. The number of amides is 3. The van der Waals surface area contributed by atoms with Gasteiger partial charge >= 0.3 is 0 Å². The van der Waals surface area contributed by atoms with Gasteiger partial charge in [0.05, 0.1) is 72.3 Å². The van der Waals surface area contributed by atoms with Crippen LogP contribution in [0.25, 0.3) is 0 Å². The molecule has 0 spiro atoms. The van der Waals surface area contributed by atoms with Crippen molar-refractivity contribution >= 4 is 40.7 Å². The van der Waals surface area contributed by atoms with Gasteiger partial charge in [-0.2, -0.15) is 5.10 Å². The summed E-state index contributed by atoms with van der Waals surface area (Å²) in [6, 6.07) is 5.24. The third kappa shape index (κ3) is 7.42. The highest BCUT2D eigenvalue weighted by molar-refractivity contribution is 6.31. The highest BCUT2D eigenvalue weighted by Crippen LogP contribution is 2.53. The first-order valence-corrected chi connectivity index (χ1v) is 20.0. The number of nitrogens with one attached hydrogen (secondary N) is 1. The molecule has 0 radical (unpaired) electrons. The molecule has 0 aromatic heterocycles. The van der Waals surface area contributed by atoms with Crippen LogP contribution in [0.2, 0.25) is 0 Å². The molecule has 21 heteroatoms. The number of methoxy groups -OCH3 is 2. The topological polar surface area (TPSA) is 264 Å². The number of aliphatic hydroxyl groups is 3. The molecule has 3 amide bonds. The summed E-state index contributed by atoms with van der Waals surface area (Å²) >= 11 is 0. The summed E-state index contributed by atoms with van der Waals surface area (Å²) in [5.41, 5.74) is -4.80. The number of morpholine rings is 1. The van der Waals surface area contributed by atoms with Crippen molar-refractivity contribution in [2.45, 2.75) is 68.7 Å². The van der Waals surface area contributed by atoms with Gasteiger partial charge in [-0.05, 0) is 25.1 Å². The number of phenolic OH excluding ortho intramolecular Hbond substituents is 2. The van der Waals surface area contributed by atoms with Crippen molar-refractivity contribution in [3.05, 3.63) is 93.1 Å². The maximum absolute atomic E-state index is 15.3. The zero-order valence-electron chi connectivity index (χ0n) is 34.4. The van der Waals surface area contributed by atoms with Crippen LogP contribution in [0, 0.1) is 11.6 Å². The Morgan fingerprint density at radius 3 is 2.39 bits per heavy atom. The zero-order valence-corrected chi connectivity index (χ0v) is 34.4. The summed E-state index contributed by atoms with van der Waals surface area (Å²) in [6.45, 7) is 1.48. The van der Waals surface area contributed by atoms with Gasteiger partial charge < -0.3 is 49.2 Å². The molecule has 5 aliphatic rings. The van der Waals surface area contributed by atoms with Crippen molar-refractivity contribution in [3.63, 3.8) is 0 Å². The van der Waals surface area contributed by atoms with Gasteiger partial charge in [-0.15, -0.1) is 0 Å². The Morgan fingerprint density at radius 1 is 0.984 bits per heavy atom. The third-order valence-electron chi connectivity index (χ3n) is 12.2. The molecule has 2 saturated heterocycles. The van der Waals surface area contributed by atoms with Crippen molar-refractivity contribution in [1.82, 2.24) is 10.3 Å². The summed E-state index contributed by atoms with van der Waals surface area (Å²) < 4.78 is 59.4. The number of carbonyl (C=O) groups is 5. The Morgan fingerprint density at radius 2 is 1.70 bits per heavy atom. The first-order chi connectivity index (χ1) is 30.5. The molecule has 7 atom stereocenters. The Kier molecular flexibility index (Phi) is 11.9. The summed E-state index contributed by atoms with van der Waals surface area (Å²) in [4.78, 5) is 68.0. The average molecular weight is 893 g/mol. The number of hydrogen-bond donors (Lipinski definition) is 6. The number of aliphatic hydroxyl groups excluding tert-OH is 2. The number of aromatic hydroxyl groups is 2. The van der Waals surface area contributed by atoms with E-state index in [1.165, 1.54) is 32.4 Å². The number of ketones is 2. The molecule has 0 bridgehead atoms. The number of fused-ring (bicyclic) bond motifs is 3. The number of benzene rings is 3. The molecule has 3 aliphatic heterocycles. The largest absolute Gasteiger partial charge is 0.507 e. The highest BCUT2D eigenvalue weighted by atomic mass is 19.2. The molecule has 3 aromatic carbocycles. The SMILES string of the molecule is COc1cccc2c1C(=O)c1c(O)c3c(c(O)c1C2=O)C[C@@](O)(/C(CO)=N/NC(=O)c1ccc(N2C(=O)C=CC2=O)c(F)c1F)C[C@@H]3O[C@H]1CC(N2CCO[C@@H](OC)C2)[C@H](O)[C@H](C)O1. The number of hydrogen-bond acceptors (Lipinski definition) is 17. The normalized spacial score (nSPS) is 27.1. The Labute approximate surface area is 362 Å². The number of halogens is 2. The Hall–Kier alpha value is -6.04. The van der Waals surface area contributed by atoms with E-state index in [0.29, 0.717) is 11.4 Å². The van der Waals surface area contributed by atoms with Crippen LogP contribution >= 0.6 is 0 Å². The van der Waals surface area contributed by atoms with Crippen molar-refractivity contribution in [2.75, 3.05) is 45.4 Å². The lowest BCUT2D eigenvalue weighted by molar-refractivity contribution is -0.265. The molecule has 338 valence electrons. The number of rotatable bonds is 10. The maximum atomic E-state index is 15.3. The molecular formula is C43H42F2N4O15. The second-order valence-electron chi connectivity index (χ2n) is 15.8. The lowest BCUT2D eigenvalue weighted by atomic mass is 9.71. The van der Waals surface area contributed by atoms with Crippen LogP contribution in [0.1, 0.15) is 79.2 Å². The van der Waals surface area contributed by atoms with Gasteiger partial charge in [-0.25, -0.2) is 19.1 Å². The van der Waals surface area contributed by atoms with Gasteiger partial charge in [0.1, 0.15) is 22.8 Å². The fourth-order valence-electron chi connectivity index (χ4n) is 8.99. The molecule has 6 N–H and O–H groups in total. The summed E-state index contributed by atoms with van der Waals surface area (Å²) in [5, 5.41) is 62.2. The van der Waals surface area contributed by atoms with E-state index in [0.717, 1.165) is 24.3 Å². The molecular weight excluding hydrogens is 850 g/mol. The summed E-state index contributed by atoms with van der Waals surface area (Å²) in [6.07, 6.45) is -4.87. The van der Waals surface area contributed by atoms with E-state index < -0.39 is 142 Å². The summed E-state index contributed by atoms with van der Waals surface area (Å²) in [5.74, 6) is -10.1. The number of phenols is 2. The fourth-order valence-corrected chi connectivity index (χ4v) is 8.99. The lowest BCUT2D eigenvalue weighted by Crippen LogP contribution is -2.59. The predicted octanol–water partition coefficient (Wildman–Crippen LogP) is 1.27. The second-order valence-corrected chi connectivity index (χ2v) is 15.8. The Bertz CT molecular complexity index is 2530. The van der Waals surface area contributed by atoms with Crippen molar-refractivity contribution in [2.24, 2.45) is 5.10 Å². The lowest BCUT2D eigenvalue weighted by Gasteiger charge is -2.47. The minimum atomic E-state index is -2.42. The van der Waals surface area contributed by atoms with E-state index in [4.69, 9.17) is 23.7 Å². The van der Waals surface area contributed by atoms with E-state index in [1.54, 1.807) is 6.92 Å². The van der Waals surface area contributed by atoms with Crippen LogP contribution in [0.3, 0.4) is 0 Å². The minimum absolute atomic E-state index is 0.000385. The van der Waals surface area contributed by atoms with Crippen LogP contribution in [-0.4, -0.2) is 142 Å². The molecule has 0 saturated carbocycles. The summed E-state index contributed by atoms with van der Waals surface area (Å²) in [7, 11) is 2.76. The van der Waals surface area contributed by atoms with Crippen molar-refractivity contribution in [1.29, 1.82) is 0 Å².